The number of para-hydroxylation sites is 3. The summed E-state index contributed by atoms with van der Waals surface area (Å²) in [6.45, 7) is 1.23. The number of fused-ring (bicyclic) bond motifs is 2. The topological polar surface area (TPSA) is 108 Å². The van der Waals surface area contributed by atoms with Crippen molar-refractivity contribution >= 4 is 28.8 Å². The third-order valence-electron chi connectivity index (χ3n) is 6.23. The van der Waals surface area contributed by atoms with Gasteiger partial charge in [0.05, 0.1) is 6.61 Å². The molecule has 188 valence electrons. The zero-order valence-corrected chi connectivity index (χ0v) is 19.8. The molecule has 0 spiro atoms. The molecular weight excluding hydrogens is 468 g/mol. The molecule has 2 aliphatic rings. The SMILES string of the molecule is COCc1c(C(=O)OCC(=O)N2CCN(C(=O)[C@H]3COc4ccccc4O3)CC2)oc2ccccc12. The number of hydrogen-bond acceptors (Lipinski definition) is 8. The Kier molecular flexibility index (Phi) is 6.77. The summed E-state index contributed by atoms with van der Waals surface area (Å²) < 4.78 is 27.6. The number of rotatable bonds is 6. The fourth-order valence-corrected chi connectivity index (χ4v) is 4.36. The summed E-state index contributed by atoms with van der Waals surface area (Å²) in [5.41, 5.74) is 1.12. The summed E-state index contributed by atoms with van der Waals surface area (Å²) >= 11 is 0. The van der Waals surface area contributed by atoms with E-state index in [0.717, 1.165) is 5.39 Å². The van der Waals surface area contributed by atoms with E-state index >= 15 is 0 Å². The van der Waals surface area contributed by atoms with Crippen molar-refractivity contribution in [1.82, 2.24) is 9.80 Å². The Morgan fingerprint density at radius 3 is 2.42 bits per heavy atom. The van der Waals surface area contributed by atoms with Crippen molar-refractivity contribution in [2.75, 3.05) is 46.5 Å². The lowest BCUT2D eigenvalue weighted by molar-refractivity contribution is -0.147. The predicted octanol–water partition coefficient (Wildman–Crippen LogP) is 2.25. The van der Waals surface area contributed by atoms with Crippen LogP contribution < -0.4 is 9.47 Å². The number of hydrogen-bond donors (Lipinski definition) is 0. The highest BCUT2D eigenvalue weighted by atomic mass is 16.6. The van der Waals surface area contributed by atoms with Crippen LogP contribution >= 0.6 is 0 Å². The molecule has 10 heteroatoms. The Morgan fingerprint density at radius 2 is 1.64 bits per heavy atom. The highest BCUT2D eigenvalue weighted by molar-refractivity contribution is 5.97. The standard InChI is InChI=1S/C26H26N2O8/c1-32-14-18-17-6-2-3-7-19(17)36-24(18)26(31)34-16-23(29)27-10-12-28(13-11-27)25(30)22-15-33-20-8-4-5-9-21(20)35-22/h2-9,22H,10-16H2,1H3/t22-/m1/s1. The van der Waals surface area contributed by atoms with E-state index in [-0.39, 0.29) is 30.8 Å². The zero-order valence-electron chi connectivity index (χ0n) is 19.8. The molecule has 10 nitrogen and oxygen atoms in total. The van der Waals surface area contributed by atoms with Gasteiger partial charge in [0.15, 0.2) is 18.1 Å². The number of amides is 2. The number of methoxy groups -OCH3 is 1. The van der Waals surface area contributed by atoms with E-state index in [4.69, 9.17) is 23.4 Å². The summed E-state index contributed by atoms with van der Waals surface area (Å²) in [5.74, 6) is -0.0726. The molecule has 0 bridgehead atoms. The van der Waals surface area contributed by atoms with E-state index in [9.17, 15) is 14.4 Å². The highest BCUT2D eigenvalue weighted by Gasteiger charge is 2.33. The van der Waals surface area contributed by atoms with Crippen LogP contribution in [0.2, 0.25) is 0 Å². The number of ether oxygens (including phenoxy) is 4. The van der Waals surface area contributed by atoms with Gasteiger partial charge < -0.3 is 33.2 Å². The van der Waals surface area contributed by atoms with Gasteiger partial charge in [-0.25, -0.2) is 4.79 Å². The quantitative estimate of drug-likeness (QED) is 0.480. The minimum atomic E-state index is -0.729. The molecule has 3 aromatic rings. The lowest BCUT2D eigenvalue weighted by Crippen LogP contribution is -2.55. The van der Waals surface area contributed by atoms with Crippen LogP contribution in [-0.2, 0) is 25.7 Å². The minimum absolute atomic E-state index is 0.0255. The summed E-state index contributed by atoms with van der Waals surface area (Å²) in [5, 5.41) is 0.759. The van der Waals surface area contributed by atoms with Crippen LogP contribution in [0.4, 0.5) is 0 Å². The van der Waals surface area contributed by atoms with Crippen LogP contribution in [0, 0.1) is 0 Å². The lowest BCUT2D eigenvalue weighted by Gasteiger charge is -2.37. The van der Waals surface area contributed by atoms with Crippen molar-refractivity contribution in [3.8, 4) is 11.5 Å². The molecule has 2 aliphatic heterocycles. The van der Waals surface area contributed by atoms with Crippen molar-refractivity contribution in [3.05, 3.63) is 59.9 Å². The van der Waals surface area contributed by atoms with Gasteiger partial charge in [-0.05, 0) is 18.2 Å². The molecule has 1 atom stereocenters. The average molecular weight is 495 g/mol. The predicted molar refractivity (Wildman–Crippen MR) is 127 cm³/mol. The fraction of sp³-hybridized carbons (Fsp3) is 0.346. The number of carbonyl (C=O) groups is 3. The third-order valence-corrected chi connectivity index (χ3v) is 6.23. The summed E-state index contributed by atoms with van der Waals surface area (Å²) in [6, 6.07) is 14.4. The fourth-order valence-electron chi connectivity index (χ4n) is 4.36. The molecule has 0 saturated carbocycles. The van der Waals surface area contributed by atoms with Gasteiger partial charge in [-0.15, -0.1) is 0 Å². The maximum atomic E-state index is 12.9. The van der Waals surface area contributed by atoms with Gasteiger partial charge in [0, 0.05) is 44.2 Å². The number of esters is 1. The second kappa shape index (κ2) is 10.3. The van der Waals surface area contributed by atoms with Crippen molar-refractivity contribution < 1.29 is 37.7 Å². The van der Waals surface area contributed by atoms with Crippen molar-refractivity contribution in [2.45, 2.75) is 12.7 Å². The van der Waals surface area contributed by atoms with Gasteiger partial charge in [-0.3, -0.25) is 9.59 Å². The van der Waals surface area contributed by atoms with Crippen molar-refractivity contribution in [2.24, 2.45) is 0 Å². The molecule has 3 heterocycles. The third kappa shape index (κ3) is 4.72. The average Bonchev–Trinajstić information content (AvgIpc) is 3.29. The first-order chi connectivity index (χ1) is 17.5. The first-order valence-electron chi connectivity index (χ1n) is 11.7. The molecule has 2 aromatic carbocycles. The van der Waals surface area contributed by atoms with E-state index in [1.807, 2.05) is 24.3 Å². The molecule has 36 heavy (non-hydrogen) atoms. The number of piperazine rings is 1. The summed E-state index contributed by atoms with van der Waals surface area (Å²) in [4.78, 5) is 41.5. The lowest BCUT2D eigenvalue weighted by atomic mass is 10.1. The molecule has 0 N–H and O–H groups in total. The first kappa shape index (κ1) is 23.7. The number of benzene rings is 2. The summed E-state index contributed by atoms with van der Waals surface area (Å²) in [7, 11) is 1.52. The molecule has 5 rings (SSSR count). The smallest absolute Gasteiger partial charge is 0.375 e. The minimum Gasteiger partial charge on any atom is -0.485 e. The van der Waals surface area contributed by atoms with Gasteiger partial charge in [-0.2, -0.15) is 0 Å². The van der Waals surface area contributed by atoms with Gasteiger partial charge in [0.1, 0.15) is 12.2 Å². The Morgan fingerprint density at radius 1 is 0.944 bits per heavy atom. The van der Waals surface area contributed by atoms with E-state index in [0.29, 0.717) is 48.8 Å². The number of nitrogens with zero attached hydrogens (tertiary/aromatic N) is 2. The van der Waals surface area contributed by atoms with Gasteiger partial charge in [-0.1, -0.05) is 30.3 Å². The van der Waals surface area contributed by atoms with Gasteiger partial charge in [0.25, 0.3) is 11.8 Å². The van der Waals surface area contributed by atoms with Crippen molar-refractivity contribution in [1.29, 1.82) is 0 Å². The van der Waals surface area contributed by atoms with Crippen LogP contribution in [0.25, 0.3) is 11.0 Å². The Bertz CT molecular complexity index is 1280. The Hall–Kier alpha value is -4.05. The van der Waals surface area contributed by atoms with Gasteiger partial charge >= 0.3 is 5.97 Å². The molecule has 1 aromatic heterocycles. The van der Waals surface area contributed by atoms with E-state index in [2.05, 4.69) is 0 Å². The molecule has 0 aliphatic carbocycles. The Labute approximate surface area is 207 Å². The largest absolute Gasteiger partial charge is 0.485 e. The van der Waals surface area contributed by atoms with Gasteiger partial charge in [0.2, 0.25) is 11.9 Å². The summed E-state index contributed by atoms with van der Waals surface area (Å²) in [6.07, 6.45) is -0.729. The monoisotopic (exact) mass is 494 g/mol. The molecule has 0 radical (unpaired) electrons. The van der Waals surface area contributed by atoms with Crippen LogP contribution in [0.3, 0.4) is 0 Å². The molecule has 1 saturated heterocycles. The van der Waals surface area contributed by atoms with Crippen molar-refractivity contribution in [3.63, 3.8) is 0 Å². The number of carbonyl (C=O) groups excluding carboxylic acids is 3. The zero-order chi connectivity index (χ0) is 25.1. The maximum Gasteiger partial charge on any atom is 0.375 e. The molecule has 1 fully saturated rings. The van der Waals surface area contributed by atoms with E-state index in [1.54, 1.807) is 34.1 Å². The van der Waals surface area contributed by atoms with E-state index < -0.39 is 18.7 Å². The number of furan rings is 1. The van der Waals surface area contributed by atoms with Crippen LogP contribution in [0.1, 0.15) is 16.1 Å². The molecular formula is C26H26N2O8. The van der Waals surface area contributed by atoms with Crippen LogP contribution in [0.5, 0.6) is 11.5 Å². The maximum absolute atomic E-state index is 12.9. The van der Waals surface area contributed by atoms with E-state index in [1.165, 1.54) is 7.11 Å². The second-order valence-electron chi connectivity index (χ2n) is 8.49. The normalized spacial score (nSPS) is 17.2. The van der Waals surface area contributed by atoms with Crippen LogP contribution in [-0.4, -0.2) is 80.2 Å². The molecule has 2 amide bonds. The van der Waals surface area contributed by atoms with Crippen LogP contribution in [0.15, 0.2) is 52.9 Å². The first-order valence-corrected chi connectivity index (χ1v) is 11.7. The highest BCUT2D eigenvalue weighted by Crippen LogP contribution is 2.31. The second-order valence-corrected chi connectivity index (χ2v) is 8.49. The molecule has 0 unspecified atom stereocenters. The Balaban J connectivity index is 1.13.